The van der Waals surface area contributed by atoms with Crippen LogP contribution in [0.15, 0.2) is 23.4 Å². The third-order valence-corrected chi connectivity index (χ3v) is 3.37. The molecule has 0 aliphatic carbocycles. The minimum absolute atomic E-state index is 0.0582. The third-order valence-electron chi connectivity index (χ3n) is 3.37. The van der Waals surface area contributed by atoms with E-state index < -0.39 is 0 Å². The highest BCUT2D eigenvalue weighted by molar-refractivity contribution is 5.99. The molecule has 1 aromatic rings. The van der Waals surface area contributed by atoms with Gasteiger partial charge in [0.25, 0.3) is 0 Å². The quantitative estimate of drug-likeness (QED) is 0.372. The zero-order valence-electron chi connectivity index (χ0n) is 11.7. The number of ether oxygens (including phenoxy) is 2. The van der Waals surface area contributed by atoms with Crippen LogP contribution in [0.3, 0.4) is 0 Å². The van der Waals surface area contributed by atoms with Crippen molar-refractivity contribution in [3.63, 3.8) is 0 Å². The highest BCUT2D eigenvalue weighted by Gasteiger charge is 2.13. The molecule has 6 nitrogen and oxygen atoms in total. The maximum Gasteiger partial charge on any atom is 0.173 e. The predicted molar refractivity (Wildman–Crippen MR) is 76.2 cm³/mol. The van der Waals surface area contributed by atoms with Crippen LogP contribution < -0.4 is 10.5 Å². The molecule has 0 atom stereocenters. The molecule has 3 N–H and O–H groups in total. The topological polar surface area (TPSA) is 80.3 Å². The van der Waals surface area contributed by atoms with Crippen LogP contribution in [0.2, 0.25) is 0 Å². The van der Waals surface area contributed by atoms with Gasteiger partial charge in [0, 0.05) is 26.2 Å². The number of nitrogens with two attached hydrogens (primary N) is 1. The van der Waals surface area contributed by atoms with E-state index in [1.807, 2.05) is 18.2 Å². The van der Waals surface area contributed by atoms with E-state index >= 15 is 0 Å². The Labute approximate surface area is 118 Å². The molecule has 0 amide bonds. The van der Waals surface area contributed by atoms with Gasteiger partial charge in [0.05, 0.1) is 19.3 Å². The summed E-state index contributed by atoms with van der Waals surface area (Å²) in [7, 11) is 1.56. The van der Waals surface area contributed by atoms with Gasteiger partial charge < -0.3 is 20.4 Å². The van der Waals surface area contributed by atoms with Gasteiger partial charge >= 0.3 is 0 Å². The van der Waals surface area contributed by atoms with Crippen LogP contribution in [0.5, 0.6) is 5.75 Å². The van der Waals surface area contributed by atoms with Crippen LogP contribution >= 0.6 is 0 Å². The van der Waals surface area contributed by atoms with Crippen molar-refractivity contribution in [2.75, 3.05) is 33.4 Å². The van der Waals surface area contributed by atoms with E-state index in [1.54, 1.807) is 7.11 Å². The second kappa shape index (κ2) is 7.12. The second-order valence-corrected chi connectivity index (χ2v) is 4.76. The summed E-state index contributed by atoms with van der Waals surface area (Å²) in [6.45, 7) is 4.35. The Balaban J connectivity index is 2.15. The van der Waals surface area contributed by atoms with E-state index in [-0.39, 0.29) is 5.84 Å². The van der Waals surface area contributed by atoms with Crippen molar-refractivity contribution in [3.8, 4) is 5.75 Å². The van der Waals surface area contributed by atoms with E-state index in [0.717, 1.165) is 44.8 Å². The average Bonchev–Trinajstić information content (AvgIpc) is 2.75. The van der Waals surface area contributed by atoms with E-state index in [4.69, 9.17) is 20.4 Å². The van der Waals surface area contributed by atoms with E-state index in [2.05, 4.69) is 10.1 Å². The van der Waals surface area contributed by atoms with Crippen molar-refractivity contribution in [1.29, 1.82) is 0 Å². The lowest BCUT2D eigenvalue weighted by atomic mass is 10.1. The standard InChI is InChI=1S/C14H21N3O3/c1-19-13-4-3-11(9-12(13)14(15)16-18)10-17-5-2-7-20-8-6-17/h3-4,9,18H,2,5-8,10H2,1H3,(H2,15,16). The van der Waals surface area contributed by atoms with Gasteiger partial charge in [-0.1, -0.05) is 11.2 Å². The summed E-state index contributed by atoms with van der Waals surface area (Å²) in [5.74, 6) is 0.658. The summed E-state index contributed by atoms with van der Waals surface area (Å²) in [6, 6.07) is 5.75. The molecular weight excluding hydrogens is 258 g/mol. The minimum Gasteiger partial charge on any atom is -0.496 e. The molecule has 0 radical (unpaired) electrons. The van der Waals surface area contributed by atoms with Gasteiger partial charge in [0.1, 0.15) is 5.75 Å². The first-order valence-electron chi connectivity index (χ1n) is 6.69. The lowest BCUT2D eigenvalue weighted by Gasteiger charge is -2.19. The summed E-state index contributed by atoms with van der Waals surface area (Å²) in [6.07, 6.45) is 1.04. The molecule has 110 valence electrons. The molecule has 2 rings (SSSR count). The highest BCUT2D eigenvalue weighted by atomic mass is 16.5. The number of hydrogen-bond donors (Lipinski definition) is 2. The van der Waals surface area contributed by atoms with Crippen molar-refractivity contribution in [3.05, 3.63) is 29.3 Å². The maximum absolute atomic E-state index is 8.84. The monoisotopic (exact) mass is 279 g/mol. The first-order chi connectivity index (χ1) is 9.74. The molecule has 1 aliphatic rings. The Kier molecular flexibility index (Phi) is 5.20. The van der Waals surface area contributed by atoms with Crippen LogP contribution in [0, 0.1) is 0 Å². The molecule has 1 fully saturated rings. The van der Waals surface area contributed by atoms with Crippen LogP contribution in [0.4, 0.5) is 0 Å². The Morgan fingerprint density at radius 1 is 1.45 bits per heavy atom. The first kappa shape index (κ1) is 14.6. The largest absolute Gasteiger partial charge is 0.496 e. The molecule has 1 saturated heterocycles. The van der Waals surface area contributed by atoms with Crippen molar-refractivity contribution < 1.29 is 14.7 Å². The normalized spacial score (nSPS) is 17.8. The lowest BCUT2D eigenvalue weighted by molar-refractivity contribution is 0.140. The number of benzene rings is 1. The number of oxime groups is 1. The van der Waals surface area contributed by atoms with Crippen LogP contribution in [-0.4, -0.2) is 49.4 Å². The smallest absolute Gasteiger partial charge is 0.173 e. The highest BCUT2D eigenvalue weighted by Crippen LogP contribution is 2.21. The molecule has 1 aromatic carbocycles. The number of nitrogens with zero attached hydrogens (tertiary/aromatic N) is 2. The molecule has 0 aromatic heterocycles. The average molecular weight is 279 g/mol. The Morgan fingerprint density at radius 2 is 2.30 bits per heavy atom. The Morgan fingerprint density at radius 3 is 3.05 bits per heavy atom. The molecule has 20 heavy (non-hydrogen) atoms. The number of amidine groups is 1. The Hall–Kier alpha value is -1.79. The summed E-state index contributed by atoms with van der Waals surface area (Å²) in [5, 5.41) is 11.9. The van der Waals surface area contributed by atoms with Gasteiger partial charge in [-0.15, -0.1) is 0 Å². The Bertz CT molecular complexity index is 469. The van der Waals surface area contributed by atoms with Crippen LogP contribution in [0.1, 0.15) is 17.5 Å². The van der Waals surface area contributed by atoms with Gasteiger partial charge in [-0.2, -0.15) is 0 Å². The molecule has 1 heterocycles. The molecule has 0 bridgehead atoms. The van der Waals surface area contributed by atoms with Gasteiger partial charge in [0.2, 0.25) is 0 Å². The first-order valence-corrected chi connectivity index (χ1v) is 6.69. The zero-order valence-corrected chi connectivity index (χ0v) is 11.7. The molecule has 0 unspecified atom stereocenters. The van der Waals surface area contributed by atoms with E-state index in [9.17, 15) is 0 Å². The van der Waals surface area contributed by atoms with E-state index in [1.165, 1.54) is 0 Å². The van der Waals surface area contributed by atoms with Gasteiger partial charge in [-0.05, 0) is 24.1 Å². The minimum atomic E-state index is 0.0582. The molecule has 0 saturated carbocycles. The zero-order chi connectivity index (χ0) is 14.4. The summed E-state index contributed by atoms with van der Waals surface area (Å²) in [4.78, 5) is 2.34. The van der Waals surface area contributed by atoms with Gasteiger partial charge in [-0.3, -0.25) is 4.90 Å². The SMILES string of the molecule is COc1ccc(CN2CCCOCC2)cc1C(N)=NO. The molecular formula is C14H21N3O3. The summed E-state index contributed by atoms with van der Waals surface area (Å²) >= 11 is 0. The van der Waals surface area contributed by atoms with Crippen molar-refractivity contribution in [2.45, 2.75) is 13.0 Å². The third kappa shape index (κ3) is 3.61. The fraction of sp³-hybridized carbons (Fsp3) is 0.500. The lowest BCUT2D eigenvalue weighted by Crippen LogP contribution is -2.26. The van der Waals surface area contributed by atoms with Gasteiger partial charge in [0.15, 0.2) is 5.84 Å². The van der Waals surface area contributed by atoms with E-state index in [0.29, 0.717) is 11.3 Å². The fourth-order valence-electron chi connectivity index (χ4n) is 2.32. The predicted octanol–water partition coefficient (Wildman–Crippen LogP) is 1.01. The molecule has 0 spiro atoms. The van der Waals surface area contributed by atoms with Gasteiger partial charge in [-0.25, -0.2) is 0 Å². The van der Waals surface area contributed by atoms with Crippen LogP contribution in [-0.2, 0) is 11.3 Å². The molecule has 1 aliphatic heterocycles. The number of hydrogen-bond acceptors (Lipinski definition) is 5. The molecule has 6 heteroatoms. The van der Waals surface area contributed by atoms with Crippen molar-refractivity contribution in [1.82, 2.24) is 4.90 Å². The van der Waals surface area contributed by atoms with Crippen molar-refractivity contribution in [2.24, 2.45) is 10.9 Å². The summed E-state index contributed by atoms with van der Waals surface area (Å²) < 4.78 is 10.7. The summed E-state index contributed by atoms with van der Waals surface area (Å²) in [5.41, 5.74) is 7.40. The second-order valence-electron chi connectivity index (χ2n) is 4.76. The number of methoxy groups -OCH3 is 1. The van der Waals surface area contributed by atoms with Crippen molar-refractivity contribution >= 4 is 5.84 Å². The maximum atomic E-state index is 8.84. The van der Waals surface area contributed by atoms with Crippen LogP contribution in [0.25, 0.3) is 0 Å². The number of rotatable bonds is 4. The fourth-order valence-corrected chi connectivity index (χ4v) is 2.32.